The fourth-order valence-corrected chi connectivity index (χ4v) is 2.60. The molecule has 2 nitrogen and oxygen atoms in total. The van der Waals surface area contributed by atoms with Gasteiger partial charge in [-0.3, -0.25) is 4.79 Å². The molecule has 0 unspecified atom stereocenters. The lowest BCUT2D eigenvalue weighted by atomic mass is 10.1. The Kier molecular flexibility index (Phi) is 18.6. The van der Waals surface area contributed by atoms with E-state index < -0.39 is 0 Å². The summed E-state index contributed by atoms with van der Waals surface area (Å²) in [6.07, 6.45) is 22.6. The molecule has 0 saturated heterocycles. The van der Waals surface area contributed by atoms with E-state index in [0.29, 0.717) is 19.4 Å². The Morgan fingerprint density at radius 3 is 1.91 bits per heavy atom. The van der Waals surface area contributed by atoms with Gasteiger partial charge in [0.25, 0.3) is 0 Å². The number of carbonyl (C=O) groups is 1. The Balaban J connectivity index is 3.14. The van der Waals surface area contributed by atoms with Gasteiger partial charge in [0.05, 0.1) is 6.61 Å². The van der Waals surface area contributed by atoms with Gasteiger partial charge in [0.2, 0.25) is 0 Å². The standard InChI is InChI=1S/C21H39O2/c1-3-5-6-7-8-9-10-11-12-13-14-15-16-17-18-19-21(22)23-20-4-2/h11-12H,2-10,13-20H2,1H3/b12-11-. The highest BCUT2D eigenvalue weighted by atomic mass is 16.5. The maximum atomic E-state index is 11.3. The molecule has 135 valence electrons. The lowest BCUT2D eigenvalue weighted by Gasteiger charge is -2.02. The number of ether oxygens (including phenoxy) is 1. The molecule has 0 aliphatic carbocycles. The highest BCUT2D eigenvalue weighted by Gasteiger charge is 2.01. The molecule has 0 bridgehead atoms. The molecule has 0 fully saturated rings. The van der Waals surface area contributed by atoms with Crippen LogP contribution >= 0.6 is 0 Å². The third kappa shape index (κ3) is 19.2. The molecule has 0 aromatic rings. The molecule has 0 spiro atoms. The zero-order valence-corrected chi connectivity index (χ0v) is 15.5. The Morgan fingerprint density at radius 1 is 0.826 bits per heavy atom. The zero-order chi connectivity index (χ0) is 17.0. The molecule has 0 aliphatic heterocycles. The van der Waals surface area contributed by atoms with Crippen LogP contribution in [0.15, 0.2) is 12.2 Å². The SMILES string of the molecule is [CH2]CCOC(=O)CCCCCCC/C=C\CCCCCCCC. The van der Waals surface area contributed by atoms with E-state index in [1.807, 2.05) is 0 Å². The summed E-state index contributed by atoms with van der Waals surface area (Å²) in [7, 11) is 0. The van der Waals surface area contributed by atoms with Crippen molar-refractivity contribution in [3.8, 4) is 0 Å². The van der Waals surface area contributed by atoms with Crippen LogP contribution in [0.25, 0.3) is 0 Å². The summed E-state index contributed by atoms with van der Waals surface area (Å²) in [6.45, 7) is 6.38. The summed E-state index contributed by atoms with van der Waals surface area (Å²) in [6, 6.07) is 0. The van der Waals surface area contributed by atoms with Crippen LogP contribution in [0.2, 0.25) is 0 Å². The van der Waals surface area contributed by atoms with E-state index in [-0.39, 0.29) is 5.97 Å². The molecule has 0 aromatic carbocycles. The molecular formula is C21H39O2. The van der Waals surface area contributed by atoms with Crippen molar-refractivity contribution in [2.45, 2.75) is 103 Å². The topological polar surface area (TPSA) is 26.3 Å². The van der Waals surface area contributed by atoms with Crippen LogP contribution in [0, 0.1) is 6.92 Å². The number of hydrogen-bond donors (Lipinski definition) is 0. The second-order valence-corrected chi connectivity index (χ2v) is 6.41. The molecule has 0 atom stereocenters. The van der Waals surface area contributed by atoms with Crippen molar-refractivity contribution in [2.24, 2.45) is 0 Å². The molecule has 0 rings (SSSR count). The predicted octanol–water partition coefficient (Wildman–Crippen LogP) is 6.79. The summed E-state index contributed by atoms with van der Waals surface area (Å²) >= 11 is 0. The van der Waals surface area contributed by atoms with E-state index in [4.69, 9.17) is 4.74 Å². The van der Waals surface area contributed by atoms with E-state index in [0.717, 1.165) is 12.8 Å². The second-order valence-electron chi connectivity index (χ2n) is 6.41. The van der Waals surface area contributed by atoms with Gasteiger partial charge in [-0.1, -0.05) is 70.4 Å². The molecule has 0 aromatic heterocycles. The quantitative estimate of drug-likeness (QED) is 0.167. The largest absolute Gasteiger partial charge is 0.466 e. The summed E-state index contributed by atoms with van der Waals surface area (Å²) in [4.78, 5) is 11.3. The monoisotopic (exact) mass is 323 g/mol. The maximum absolute atomic E-state index is 11.3. The lowest BCUT2D eigenvalue weighted by molar-refractivity contribution is -0.143. The van der Waals surface area contributed by atoms with Gasteiger partial charge in [-0.05, 0) is 45.4 Å². The first-order valence-corrected chi connectivity index (χ1v) is 9.91. The van der Waals surface area contributed by atoms with Crippen molar-refractivity contribution in [2.75, 3.05) is 6.61 Å². The fraction of sp³-hybridized carbons (Fsp3) is 0.810. The van der Waals surface area contributed by atoms with Crippen LogP contribution in [0.5, 0.6) is 0 Å². The highest BCUT2D eigenvalue weighted by Crippen LogP contribution is 2.10. The minimum Gasteiger partial charge on any atom is -0.466 e. The fourth-order valence-electron chi connectivity index (χ4n) is 2.60. The third-order valence-corrected chi connectivity index (χ3v) is 4.05. The first-order chi connectivity index (χ1) is 11.3. The molecule has 2 heteroatoms. The number of allylic oxidation sites excluding steroid dienone is 2. The van der Waals surface area contributed by atoms with E-state index in [2.05, 4.69) is 26.0 Å². The minimum atomic E-state index is -0.0636. The average molecular weight is 324 g/mol. The van der Waals surface area contributed by atoms with Crippen LogP contribution in [-0.2, 0) is 9.53 Å². The van der Waals surface area contributed by atoms with Gasteiger partial charge in [0.1, 0.15) is 0 Å². The van der Waals surface area contributed by atoms with E-state index >= 15 is 0 Å². The van der Waals surface area contributed by atoms with Crippen molar-refractivity contribution in [1.29, 1.82) is 0 Å². The molecule has 1 radical (unpaired) electrons. The number of hydrogen-bond acceptors (Lipinski definition) is 2. The summed E-state index contributed by atoms with van der Waals surface area (Å²) < 4.78 is 5.00. The van der Waals surface area contributed by atoms with E-state index in [1.165, 1.54) is 70.6 Å². The van der Waals surface area contributed by atoms with Gasteiger partial charge >= 0.3 is 5.97 Å². The van der Waals surface area contributed by atoms with Crippen LogP contribution in [-0.4, -0.2) is 12.6 Å². The second kappa shape index (κ2) is 19.3. The molecule has 0 amide bonds. The van der Waals surface area contributed by atoms with Crippen molar-refractivity contribution in [1.82, 2.24) is 0 Å². The molecular weight excluding hydrogens is 284 g/mol. The van der Waals surface area contributed by atoms with Crippen molar-refractivity contribution < 1.29 is 9.53 Å². The average Bonchev–Trinajstić information content (AvgIpc) is 2.56. The number of esters is 1. The maximum Gasteiger partial charge on any atom is 0.305 e. The summed E-state index contributed by atoms with van der Waals surface area (Å²) in [5, 5.41) is 0. The van der Waals surface area contributed by atoms with Gasteiger partial charge in [0, 0.05) is 6.42 Å². The summed E-state index contributed by atoms with van der Waals surface area (Å²) in [5.74, 6) is -0.0636. The van der Waals surface area contributed by atoms with Crippen molar-refractivity contribution >= 4 is 5.97 Å². The number of unbranched alkanes of at least 4 members (excludes halogenated alkanes) is 11. The Bertz CT molecular complexity index is 271. The summed E-state index contributed by atoms with van der Waals surface area (Å²) in [5.41, 5.74) is 0. The van der Waals surface area contributed by atoms with Crippen LogP contribution in [0.4, 0.5) is 0 Å². The Morgan fingerprint density at radius 2 is 1.35 bits per heavy atom. The normalized spacial score (nSPS) is 11.2. The number of carbonyl (C=O) groups excluding carboxylic acids is 1. The van der Waals surface area contributed by atoms with Crippen molar-refractivity contribution in [3.63, 3.8) is 0 Å². The van der Waals surface area contributed by atoms with Crippen LogP contribution in [0.3, 0.4) is 0 Å². The highest BCUT2D eigenvalue weighted by molar-refractivity contribution is 5.69. The third-order valence-electron chi connectivity index (χ3n) is 4.05. The number of rotatable bonds is 17. The Labute approximate surface area is 145 Å². The predicted molar refractivity (Wildman–Crippen MR) is 100 cm³/mol. The van der Waals surface area contributed by atoms with Crippen LogP contribution in [0.1, 0.15) is 103 Å². The van der Waals surface area contributed by atoms with Crippen LogP contribution < -0.4 is 0 Å². The molecule has 0 aliphatic rings. The molecule has 0 heterocycles. The van der Waals surface area contributed by atoms with Gasteiger partial charge in [0.15, 0.2) is 0 Å². The Hall–Kier alpha value is -0.790. The first kappa shape index (κ1) is 22.2. The van der Waals surface area contributed by atoms with E-state index in [1.54, 1.807) is 0 Å². The van der Waals surface area contributed by atoms with Gasteiger partial charge in [-0.25, -0.2) is 0 Å². The van der Waals surface area contributed by atoms with Gasteiger partial charge in [-0.15, -0.1) is 0 Å². The lowest BCUT2D eigenvalue weighted by Crippen LogP contribution is -2.04. The molecule has 23 heavy (non-hydrogen) atoms. The first-order valence-electron chi connectivity index (χ1n) is 9.91. The van der Waals surface area contributed by atoms with E-state index in [9.17, 15) is 4.79 Å². The molecule has 0 N–H and O–H groups in total. The minimum absolute atomic E-state index is 0.0636. The van der Waals surface area contributed by atoms with Crippen molar-refractivity contribution in [3.05, 3.63) is 19.1 Å². The van der Waals surface area contributed by atoms with Gasteiger partial charge in [-0.2, -0.15) is 0 Å². The zero-order valence-electron chi connectivity index (χ0n) is 15.5. The molecule has 0 saturated carbocycles. The smallest absolute Gasteiger partial charge is 0.305 e. The van der Waals surface area contributed by atoms with Gasteiger partial charge < -0.3 is 4.74 Å².